The van der Waals surface area contributed by atoms with Crippen molar-refractivity contribution >= 4 is 29.0 Å². The van der Waals surface area contributed by atoms with Gasteiger partial charge in [-0.3, -0.25) is 4.79 Å². The normalized spacial score (nSPS) is 12.5. The van der Waals surface area contributed by atoms with Gasteiger partial charge in [-0.05, 0) is 48.0 Å². The van der Waals surface area contributed by atoms with Gasteiger partial charge < -0.3 is 29.2 Å². The maximum atomic E-state index is 13.4. The summed E-state index contributed by atoms with van der Waals surface area (Å²) in [6, 6.07) is 14.7. The van der Waals surface area contributed by atoms with Gasteiger partial charge >= 0.3 is 0 Å². The highest BCUT2D eigenvalue weighted by Gasteiger charge is 2.32. The molecule has 9 heteroatoms. The summed E-state index contributed by atoms with van der Waals surface area (Å²) in [5, 5.41) is 3.54. The first-order chi connectivity index (χ1) is 16.5. The van der Waals surface area contributed by atoms with Gasteiger partial charge in [0.25, 0.3) is 5.91 Å². The summed E-state index contributed by atoms with van der Waals surface area (Å²) in [7, 11) is 4.82. The van der Waals surface area contributed by atoms with Crippen molar-refractivity contribution in [3.63, 3.8) is 0 Å². The fourth-order valence-electron chi connectivity index (χ4n) is 3.78. The lowest BCUT2D eigenvalue weighted by atomic mass is 10.1. The number of carbonyl (C=O) groups is 1. The highest BCUT2D eigenvalue weighted by molar-refractivity contribution is 6.29. The number of amides is 1. The van der Waals surface area contributed by atoms with Gasteiger partial charge in [0, 0.05) is 37.5 Å². The van der Waals surface area contributed by atoms with E-state index in [-0.39, 0.29) is 5.91 Å². The Bertz CT molecular complexity index is 1170. The van der Waals surface area contributed by atoms with Gasteiger partial charge in [-0.1, -0.05) is 11.6 Å². The largest absolute Gasteiger partial charge is 0.497 e. The second-order valence-corrected chi connectivity index (χ2v) is 8.04. The van der Waals surface area contributed by atoms with Crippen LogP contribution in [0.3, 0.4) is 0 Å². The van der Waals surface area contributed by atoms with Crippen molar-refractivity contribution in [3.05, 3.63) is 70.4 Å². The molecular weight excluding hydrogens is 458 g/mol. The molecule has 0 unspecified atom stereocenters. The molecule has 0 atom stereocenters. The second kappa shape index (κ2) is 10.6. The van der Waals surface area contributed by atoms with E-state index >= 15 is 0 Å². The van der Waals surface area contributed by atoms with Gasteiger partial charge in [0.05, 0.1) is 26.4 Å². The molecule has 1 N–H and O–H groups in total. The van der Waals surface area contributed by atoms with Gasteiger partial charge in [0.15, 0.2) is 0 Å². The van der Waals surface area contributed by atoms with Crippen LogP contribution in [0.15, 0.2) is 48.5 Å². The van der Waals surface area contributed by atoms with E-state index in [4.69, 9.17) is 30.5 Å². The number of fused-ring (bicyclic) bond motifs is 1. The number of halogens is 1. The maximum Gasteiger partial charge on any atom is 0.258 e. The quantitative estimate of drug-likeness (QED) is 0.331. The van der Waals surface area contributed by atoms with E-state index in [0.717, 1.165) is 22.6 Å². The lowest BCUT2D eigenvalue weighted by molar-refractivity contribution is 0.0766. The van der Waals surface area contributed by atoms with E-state index in [2.05, 4.69) is 10.3 Å². The molecule has 8 nitrogen and oxygen atoms in total. The molecule has 0 bridgehead atoms. The molecule has 0 radical (unpaired) electrons. The number of ether oxygens (including phenoxy) is 4. The van der Waals surface area contributed by atoms with Gasteiger partial charge in [-0.2, -0.15) is 0 Å². The molecule has 1 aromatic heterocycles. The Morgan fingerprint density at radius 1 is 1.00 bits per heavy atom. The summed E-state index contributed by atoms with van der Waals surface area (Å²) in [6.45, 7) is 1.79. The molecule has 0 fully saturated rings. The Morgan fingerprint density at radius 2 is 1.76 bits per heavy atom. The van der Waals surface area contributed by atoms with Crippen LogP contribution < -0.4 is 19.5 Å². The van der Waals surface area contributed by atoms with E-state index in [1.807, 2.05) is 36.4 Å². The van der Waals surface area contributed by atoms with Gasteiger partial charge in [0.2, 0.25) is 0 Å². The van der Waals surface area contributed by atoms with E-state index in [1.165, 1.54) is 0 Å². The van der Waals surface area contributed by atoms with Crippen molar-refractivity contribution in [1.29, 1.82) is 0 Å². The van der Waals surface area contributed by atoms with Crippen LogP contribution >= 0.6 is 11.6 Å². The van der Waals surface area contributed by atoms with Crippen molar-refractivity contribution in [2.45, 2.75) is 13.1 Å². The van der Waals surface area contributed by atoms with Gasteiger partial charge in [-0.15, -0.1) is 0 Å². The van der Waals surface area contributed by atoms with Crippen molar-refractivity contribution in [1.82, 2.24) is 9.88 Å². The Balaban J connectivity index is 1.53. The molecule has 4 rings (SSSR count). The van der Waals surface area contributed by atoms with Crippen molar-refractivity contribution in [2.75, 3.05) is 39.9 Å². The van der Waals surface area contributed by atoms with Crippen LogP contribution in [0.4, 0.5) is 11.5 Å². The number of hydrogen-bond donors (Lipinski definition) is 1. The predicted molar refractivity (Wildman–Crippen MR) is 129 cm³/mol. The molecule has 0 spiro atoms. The summed E-state index contributed by atoms with van der Waals surface area (Å²) < 4.78 is 21.3. The number of aromatic nitrogens is 1. The zero-order chi connectivity index (χ0) is 24.1. The molecular formula is C25H26ClN3O5. The summed E-state index contributed by atoms with van der Waals surface area (Å²) in [6.07, 6.45) is 0. The zero-order valence-corrected chi connectivity index (χ0v) is 20.0. The Kier molecular flexibility index (Phi) is 7.40. The number of pyridine rings is 1. The standard InChI is InChI=1S/C25H26ClN3O5/c1-31-10-11-34-19-8-5-18(6-9-19)27-24-23-17(12-22(26)28-24)15-29(25(23)30)14-16-4-7-20(32-2)13-21(16)33-3/h4-9,12-13H,10-11,14-15H2,1-3H3,(H,27,28). The number of nitrogens with zero attached hydrogens (tertiary/aromatic N) is 2. The Labute approximate surface area is 203 Å². The van der Waals surface area contributed by atoms with Crippen LogP contribution in [0.1, 0.15) is 21.5 Å². The fraction of sp³-hybridized carbons (Fsp3) is 0.280. The Morgan fingerprint density at radius 3 is 2.47 bits per heavy atom. The lowest BCUT2D eigenvalue weighted by Gasteiger charge is -2.18. The van der Waals surface area contributed by atoms with Crippen molar-refractivity contribution in [2.24, 2.45) is 0 Å². The number of methoxy groups -OCH3 is 3. The molecule has 1 aliphatic heterocycles. The van der Waals surface area contributed by atoms with E-state index in [0.29, 0.717) is 54.3 Å². The first-order valence-electron chi connectivity index (χ1n) is 10.7. The number of nitrogens with one attached hydrogen (secondary N) is 1. The van der Waals surface area contributed by atoms with E-state index < -0.39 is 0 Å². The molecule has 0 saturated heterocycles. The first kappa shape index (κ1) is 23.7. The third-order valence-electron chi connectivity index (χ3n) is 5.46. The summed E-state index contributed by atoms with van der Waals surface area (Å²) in [5.74, 6) is 2.37. The van der Waals surface area contributed by atoms with Crippen LogP contribution in [-0.4, -0.2) is 50.3 Å². The summed E-state index contributed by atoms with van der Waals surface area (Å²) in [4.78, 5) is 19.5. The molecule has 0 aliphatic carbocycles. The van der Waals surface area contributed by atoms with Crippen LogP contribution in [0.5, 0.6) is 17.2 Å². The molecule has 178 valence electrons. The minimum Gasteiger partial charge on any atom is -0.497 e. The zero-order valence-electron chi connectivity index (χ0n) is 19.3. The number of hydrogen-bond acceptors (Lipinski definition) is 7. The van der Waals surface area contributed by atoms with Crippen LogP contribution in [0.2, 0.25) is 5.15 Å². The second-order valence-electron chi connectivity index (χ2n) is 7.66. The highest BCUT2D eigenvalue weighted by Crippen LogP contribution is 2.34. The highest BCUT2D eigenvalue weighted by atomic mass is 35.5. The smallest absolute Gasteiger partial charge is 0.258 e. The number of anilines is 2. The maximum absolute atomic E-state index is 13.4. The van der Waals surface area contributed by atoms with Gasteiger partial charge in [0.1, 0.15) is 34.8 Å². The third-order valence-corrected chi connectivity index (χ3v) is 5.65. The minimum atomic E-state index is -0.126. The van der Waals surface area contributed by atoms with Gasteiger partial charge in [-0.25, -0.2) is 4.98 Å². The summed E-state index contributed by atoms with van der Waals surface area (Å²) in [5.41, 5.74) is 2.97. The lowest BCUT2D eigenvalue weighted by Crippen LogP contribution is -2.24. The first-order valence-corrected chi connectivity index (χ1v) is 11.1. The summed E-state index contributed by atoms with van der Waals surface area (Å²) >= 11 is 6.28. The SMILES string of the molecule is COCCOc1ccc(Nc2nc(Cl)cc3c2C(=O)N(Cc2ccc(OC)cc2OC)C3)cc1. The number of rotatable bonds is 10. The molecule has 1 amide bonds. The average Bonchev–Trinajstić information content (AvgIpc) is 3.15. The minimum absolute atomic E-state index is 0.126. The van der Waals surface area contributed by atoms with Crippen LogP contribution in [0.25, 0.3) is 0 Å². The third kappa shape index (κ3) is 5.18. The molecule has 1 aliphatic rings. The van der Waals surface area contributed by atoms with Crippen molar-refractivity contribution < 1.29 is 23.7 Å². The molecule has 3 aromatic rings. The van der Waals surface area contributed by atoms with E-state index in [1.54, 1.807) is 38.4 Å². The number of benzene rings is 2. The topological polar surface area (TPSA) is 82.2 Å². The number of carbonyl (C=O) groups excluding carboxylic acids is 1. The van der Waals surface area contributed by atoms with Crippen molar-refractivity contribution in [3.8, 4) is 17.2 Å². The molecule has 34 heavy (non-hydrogen) atoms. The molecule has 2 heterocycles. The monoisotopic (exact) mass is 483 g/mol. The van der Waals surface area contributed by atoms with E-state index in [9.17, 15) is 4.79 Å². The van der Waals surface area contributed by atoms with Crippen LogP contribution in [0, 0.1) is 0 Å². The predicted octanol–water partition coefficient (Wildman–Crippen LogP) is 4.68. The molecule has 2 aromatic carbocycles. The Hall–Kier alpha value is -3.49. The fourth-order valence-corrected chi connectivity index (χ4v) is 4.00. The average molecular weight is 484 g/mol. The molecule has 0 saturated carbocycles. The van der Waals surface area contributed by atoms with Crippen LogP contribution in [-0.2, 0) is 17.8 Å².